The highest BCUT2D eigenvalue weighted by Crippen LogP contribution is 2.24. The van der Waals surface area contributed by atoms with Crippen LogP contribution >= 0.6 is 0 Å². The van der Waals surface area contributed by atoms with E-state index in [-0.39, 0.29) is 6.54 Å². The number of hydrogen-bond acceptors (Lipinski definition) is 5. The number of alkyl halides is 3. The molecule has 0 aliphatic heterocycles. The molecule has 0 saturated heterocycles. The van der Waals surface area contributed by atoms with Crippen LogP contribution in [0.1, 0.15) is 13.3 Å². The summed E-state index contributed by atoms with van der Waals surface area (Å²) >= 11 is 0. The fourth-order valence-corrected chi connectivity index (χ4v) is 3.04. The van der Waals surface area contributed by atoms with Crippen LogP contribution in [-0.2, 0) is 19.9 Å². The van der Waals surface area contributed by atoms with E-state index in [1.165, 1.54) is 6.92 Å². The van der Waals surface area contributed by atoms with Gasteiger partial charge in [0.25, 0.3) is 0 Å². The van der Waals surface area contributed by atoms with Crippen molar-refractivity contribution in [2.75, 3.05) is 18.1 Å². The lowest BCUT2D eigenvalue weighted by Gasteiger charge is -2.09. The molecule has 0 rings (SSSR count). The number of nitrogens with one attached hydrogen (secondary N) is 1. The maximum atomic E-state index is 12.0. The molecular formula is C8H13F3N2O4S2. The average molecular weight is 322 g/mol. The normalized spacial score (nSPS) is 14.9. The van der Waals surface area contributed by atoms with Gasteiger partial charge in [-0.2, -0.15) is 18.4 Å². The van der Waals surface area contributed by atoms with Crippen LogP contribution in [0.3, 0.4) is 0 Å². The molecule has 0 saturated carbocycles. The summed E-state index contributed by atoms with van der Waals surface area (Å²) in [5.74, 6) is -2.63. The van der Waals surface area contributed by atoms with Gasteiger partial charge in [0.15, 0.2) is 0 Å². The van der Waals surface area contributed by atoms with Crippen LogP contribution in [0, 0.1) is 17.2 Å². The minimum Gasteiger partial charge on any atom is -0.220 e. The van der Waals surface area contributed by atoms with Gasteiger partial charge in [-0.3, -0.25) is 0 Å². The number of halogens is 3. The molecule has 11 heteroatoms. The van der Waals surface area contributed by atoms with E-state index in [0.29, 0.717) is 0 Å². The van der Waals surface area contributed by atoms with E-state index in [2.05, 4.69) is 0 Å². The fourth-order valence-electron chi connectivity index (χ4n) is 0.924. The van der Waals surface area contributed by atoms with E-state index in [0.717, 1.165) is 0 Å². The highest BCUT2D eigenvalue weighted by atomic mass is 32.2. The molecule has 1 unspecified atom stereocenters. The van der Waals surface area contributed by atoms with Gasteiger partial charge in [0.2, 0.25) is 19.9 Å². The Morgan fingerprint density at radius 1 is 1.21 bits per heavy atom. The van der Waals surface area contributed by atoms with Crippen LogP contribution in [-0.4, -0.2) is 40.4 Å². The number of rotatable bonds is 7. The van der Waals surface area contributed by atoms with Crippen LogP contribution in [0.2, 0.25) is 0 Å². The van der Waals surface area contributed by atoms with Crippen molar-refractivity contribution in [3.63, 3.8) is 0 Å². The maximum absolute atomic E-state index is 12.0. The zero-order valence-corrected chi connectivity index (χ0v) is 11.6. The molecule has 19 heavy (non-hydrogen) atoms. The van der Waals surface area contributed by atoms with Crippen molar-refractivity contribution >= 4 is 19.9 Å². The van der Waals surface area contributed by atoms with Crippen molar-refractivity contribution in [2.24, 2.45) is 5.92 Å². The molecule has 0 aliphatic rings. The molecule has 1 N–H and O–H groups in total. The second-order valence-corrected chi connectivity index (χ2v) is 7.84. The standard InChI is InChI=1S/C8H13F3N2O4S2/c1-7(5-12)6-13-19(16,17)4-2-3-18(14,15)8(9,10)11/h7,13H,2-4,6H2,1H3. The minimum absolute atomic E-state index is 0.176. The first-order chi connectivity index (χ1) is 8.41. The topological polar surface area (TPSA) is 104 Å². The summed E-state index contributed by atoms with van der Waals surface area (Å²) in [4.78, 5) is 0. The first-order valence-electron chi connectivity index (χ1n) is 5.07. The molecule has 0 heterocycles. The molecule has 0 amide bonds. The molecule has 0 aliphatic carbocycles. The van der Waals surface area contributed by atoms with Crippen molar-refractivity contribution in [1.29, 1.82) is 5.26 Å². The predicted octanol–water partition coefficient (Wildman–Crippen LogP) is 0.390. The smallest absolute Gasteiger partial charge is 0.220 e. The Morgan fingerprint density at radius 2 is 1.74 bits per heavy atom. The Balaban J connectivity index is 4.33. The monoisotopic (exact) mass is 322 g/mol. The SMILES string of the molecule is CC(C#N)CNS(=O)(=O)CCCS(=O)(=O)C(F)(F)F. The van der Waals surface area contributed by atoms with E-state index in [1.54, 1.807) is 6.07 Å². The number of nitrogens with zero attached hydrogens (tertiary/aromatic N) is 1. The molecule has 1 atom stereocenters. The molecule has 0 aromatic rings. The first kappa shape index (κ1) is 18.1. The van der Waals surface area contributed by atoms with Crippen molar-refractivity contribution in [3.05, 3.63) is 0 Å². The second kappa shape index (κ2) is 6.53. The Hall–Kier alpha value is -0.860. The van der Waals surface area contributed by atoms with Gasteiger partial charge in [-0.05, 0) is 13.3 Å². The lowest BCUT2D eigenvalue weighted by molar-refractivity contribution is -0.0435. The summed E-state index contributed by atoms with van der Waals surface area (Å²) in [6, 6.07) is 1.77. The van der Waals surface area contributed by atoms with Crippen molar-refractivity contribution in [1.82, 2.24) is 4.72 Å². The zero-order chi connectivity index (χ0) is 15.3. The highest BCUT2D eigenvalue weighted by Gasteiger charge is 2.44. The fraction of sp³-hybridized carbons (Fsp3) is 0.875. The Labute approximate surface area is 109 Å². The van der Waals surface area contributed by atoms with Gasteiger partial charge in [-0.25, -0.2) is 21.6 Å². The van der Waals surface area contributed by atoms with E-state index >= 15 is 0 Å². The van der Waals surface area contributed by atoms with Gasteiger partial charge in [-0.1, -0.05) is 0 Å². The lowest BCUT2D eigenvalue weighted by atomic mass is 10.2. The third-order valence-corrected chi connectivity index (χ3v) is 4.97. The molecule has 0 aromatic heterocycles. The number of sulfonamides is 1. The summed E-state index contributed by atoms with van der Waals surface area (Å²) in [7, 11) is -9.19. The van der Waals surface area contributed by atoms with Crippen LogP contribution < -0.4 is 4.72 Å². The van der Waals surface area contributed by atoms with Gasteiger partial charge in [0, 0.05) is 6.54 Å². The van der Waals surface area contributed by atoms with Gasteiger partial charge in [-0.15, -0.1) is 0 Å². The summed E-state index contributed by atoms with van der Waals surface area (Å²) in [6.07, 6.45) is -0.669. The number of nitriles is 1. The Morgan fingerprint density at radius 3 is 2.16 bits per heavy atom. The summed E-state index contributed by atoms with van der Waals surface area (Å²) < 4.78 is 81.8. The molecule has 112 valence electrons. The van der Waals surface area contributed by atoms with Crippen LogP contribution in [0.15, 0.2) is 0 Å². The summed E-state index contributed by atoms with van der Waals surface area (Å²) in [6.45, 7) is 1.28. The third-order valence-electron chi connectivity index (χ3n) is 2.01. The highest BCUT2D eigenvalue weighted by molar-refractivity contribution is 7.92. The Kier molecular flexibility index (Phi) is 6.24. The quantitative estimate of drug-likeness (QED) is 0.730. The molecule has 0 spiro atoms. The molecular weight excluding hydrogens is 309 g/mol. The van der Waals surface area contributed by atoms with Gasteiger partial charge in [0.05, 0.1) is 23.5 Å². The summed E-state index contributed by atoms with van der Waals surface area (Å²) in [5, 5.41) is 8.41. The minimum atomic E-state index is -5.38. The maximum Gasteiger partial charge on any atom is 0.497 e. The molecule has 0 bridgehead atoms. The van der Waals surface area contributed by atoms with Crippen molar-refractivity contribution < 1.29 is 30.0 Å². The summed E-state index contributed by atoms with van der Waals surface area (Å²) in [5.41, 5.74) is -5.38. The molecule has 6 nitrogen and oxygen atoms in total. The van der Waals surface area contributed by atoms with E-state index in [9.17, 15) is 30.0 Å². The third kappa shape index (κ3) is 6.74. The predicted molar refractivity (Wildman–Crippen MR) is 61.0 cm³/mol. The average Bonchev–Trinajstić information content (AvgIpc) is 2.23. The number of hydrogen-bond donors (Lipinski definition) is 1. The van der Waals surface area contributed by atoms with E-state index in [1.807, 2.05) is 4.72 Å². The molecule has 0 fully saturated rings. The van der Waals surface area contributed by atoms with Crippen molar-refractivity contribution in [3.8, 4) is 6.07 Å². The van der Waals surface area contributed by atoms with Gasteiger partial charge >= 0.3 is 5.51 Å². The second-order valence-electron chi connectivity index (χ2n) is 3.82. The Bertz CT molecular complexity index is 533. The van der Waals surface area contributed by atoms with Gasteiger partial charge < -0.3 is 0 Å². The molecule has 0 aromatic carbocycles. The largest absolute Gasteiger partial charge is 0.497 e. The van der Waals surface area contributed by atoms with Crippen LogP contribution in [0.5, 0.6) is 0 Å². The molecule has 0 radical (unpaired) electrons. The zero-order valence-electron chi connectivity index (χ0n) is 9.94. The van der Waals surface area contributed by atoms with Crippen LogP contribution in [0.4, 0.5) is 13.2 Å². The van der Waals surface area contributed by atoms with E-state index < -0.39 is 49.2 Å². The van der Waals surface area contributed by atoms with Gasteiger partial charge in [0.1, 0.15) is 0 Å². The van der Waals surface area contributed by atoms with Crippen LogP contribution in [0.25, 0.3) is 0 Å². The first-order valence-corrected chi connectivity index (χ1v) is 8.38. The number of sulfone groups is 1. The lowest BCUT2D eigenvalue weighted by Crippen LogP contribution is -2.32. The van der Waals surface area contributed by atoms with E-state index in [4.69, 9.17) is 5.26 Å². The van der Waals surface area contributed by atoms with Crippen molar-refractivity contribution in [2.45, 2.75) is 18.9 Å².